The molecule has 1 N–H and O–H groups in total. The van der Waals surface area contributed by atoms with Gasteiger partial charge in [0.25, 0.3) is 5.91 Å². The third-order valence-electron chi connectivity index (χ3n) is 4.42. The van der Waals surface area contributed by atoms with E-state index in [-0.39, 0.29) is 36.2 Å². The molecule has 30 heavy (non-hydrogen) atoms. The number of hydrogen-bond donors (Lipinski definition) is 1. The summed E-state index contributed by atoms with van der Waals surface area (Å²) in [6.07, 6.45) is 0. The molecule has 0 aliphatic carbocycles. The lowest BCUT2D eigenvalue weighted by Gasteiger charge is -2.28. The van der Waals surface area contributed by atoms with Crippen molar-refractivity contribution in [3.8, 4) is 11.5 Å². The van der Waals surface area contributed by atoms with Gasteiger partial charge in [-0.1, -0.05) is 30.3 Å². The number of rotatable bonds is 10. The van der Waals surface area contributed by atoms with Crippen molar-refractivity contribution in [2.45, 2.75) is 26.4 Å². The zero-order valence-electron chi connectivity index (χ0n) is 17.2. The van der Waals surface area contributed by atoms with Gasteiger partial charge in [0.1, 0.15) is 11.8 Å². The van der Waals surface area contributed by atoms with Crippen molar-refractivity contribution < 1.29 is 24.0 Å². The van der Waals surface area contributed by atoms with Crippen LogP contribution in [0, 0.1) is 10.1 Å². The summed E-state index contributed by atoms with van der Waals surface area (Å²) in [7, 11) is 1.31. The topological polar surface area (TPSA) is 111 Å². The fourth-order valence-corrected chi connectivity index (χ4v) is 2.81. The zero-order chi connectivity index (χ0) is 22.1. The van der Waals surface area contributed by atoms with E-state index >= 15 is 0 Å². The van der Waals surface area contributed by atoms with Crippen LogP contribution in [0.25, 0.3) is 0 Å². The van der Waals surface area contributed by atoms with Crippen molar-refractivity contribution in [3.05, 3.63) is 64.2 Å². The Morgan fingerprint density at radius 1 is 1.20 bits per heavy atom. The average Bonchev–Trinajstić information content (AvgIpc) is 2.75. The molecule has 2 amide bonds. The quantitative estimate of drug-likeness (QED) is 0.472. The van der Waals surface area contributed by atoms with Crippen LogP contribution in [0.3, 0.4) is 0 Å². The monoisotopic (exact) mass is 415 g/mol. The minimum Gasteiger partial charge on any atom is -0.490 e. The molecule has 0 radical (unpaired) electrons. The van der Waals surface area contributed by atoms with Crippen LogP contribution in [-0.4, -0.2) is 47.9 Å². The first-order valence-corrected chi connectivity index (χ1v) is 9.43. The van der Waals surface area contributed by atoms with Crippen LogP contribution in [0.2, 0.25) is 0 Å². The summed E-state index contributed by atoms with van der Waals surface area (Å²) in [6, 6.07) is 12.6. The van der Waals surface area contributed by atoms with Crippen LogP contribution in [0.4, 0.5) is 5.69 Å². The Bertz CT molecular complexity index is 888. The zero-order valence-corrected chi connectivity index (χ0v) is 17.2. The van der Waals surface area contributed by atoms with Gasteiger partial charge in [-0.15, -0.1) is 0 Å². The number of nitrogens with zero attached hydrogens (tertiary/aromatic N) is 2. The molecule has 0 aromatic heterocycles. The lowest BCUT2D eigenvalue weighted by Crippen LogP contribution is -2.49. The van der Waals surface area contributed by atoms with Crippen molar-refractivity contribution in [2.75, 3.05) is 20.3 Å². The van der Waals surface area contributed by atoms with Gasteiger partial charge in [-0.05, 0) is 25.5 Å². The molecule has 0 bridgehead atoms. The van der Waals surface area contributed by atoms with Gasteiger partial charge < -0.3 is 19.7 Å². The minimum absolute atomic E-state index is 0.0294. The molecule has 0 saturated heterocycles. The van der Waals surface area contributed by atoms with E-state index in [0.717, 1.165) is 5.56 Å². The summed E-state index contributed by atoms with van der Waals surface area (Å²) in [4.78, 5) is 37.1. The van der Waals surface area contributed by atoms with Gasteiger partial charge in [0, 0.05) is 25.2 Å². The number of methoxy groups -OCH3 is 1. The first-order valence-electron chi connectivity index (χ1n) is 9.43. The summed E-state index contributed by atoms with van der Waals surface area (Å²) >= 11 is 0. The van der Waals surface area contributed by atoms with Gasteiger partial charge in [-0.2, -0.15) is 0 Å². The molecule has 2 aromatic rings. The Labute approximate surface area is 174 Å². The van der Waals surface area contributed by atoms with Crippen molar-refractivity contribution in [1.29, 1.82) is 0 Å². The Morgan fingerprint density at radius 2 is 1.90 bits per heavy atom. The molecule has 0 spiro atoms. The molecule has 2 rings (SSSR count). The summed E-state index contributed by atoms with van der Waals surface area (Å²) in [5.41, 5.74) is 0.672. The molecule has 9 nitrogen and oxygen atoms in total. The van der Waals surface area contributed by atoms with E-state index in [1.165, 1.54) is 30.2 Å². The number of benzene rings is 2. The Balaban J connectivity index is 2.15. The highest BCUT2D eigenvalue weighted by Gasteiger charge is 2.26. The minimum atomic E-state index is -0.701. The SMILES string of the molecule is CCNC(=O)[C@@H](C)N(Cc1ccccc1)C(=O)COc1ccc([N+](=O)[O-])c(OC)c1. The van der Waals surface area contributed by atoms with E-state index in [4.69, 9.17) is 9.47 Å². The maximum Gasteiger partial charge on any atom is 0.311 e. The predicted molar refractivity (Wildman–Crippen MR) is 110 cm³/mol. The summed E-state index contributed by atoms with van der Waals surface area (Å²) in [6.45, 7) is 3.82. The van der Waals surface area contributed by atoms with Crippen LogP contribution < -0.4 is 14.8 Å². The second-order valence-corrected chi connectivity index (χ2v) is 6.46. The largest absolute Gasteiger partial charge is 0.490 e. The average molecular weight is 415 g/mol. The smallest absolute Gasteiger partial charge is 0.311 e. The van der Waals surface area contributed by atoms with Crippen LogP contribution >= 0.6 is 0 Å². The van der Waals surface area contributed by atoms with Crippen molar-refractivity contribution in [2.24, 2.45) is 0 Å². The van der Waals surface area contributed by atoms with Crippen molar-refractivity contribution in [3.63, 3.8) is 0 Å². The standard InChI is InChI=1S/C21H25N3O6/c1-4-22-21(26)15(2)23(13-16-8-6-5-7-9-16)20(25)14-30-17-10-11-18(24(27)28)19(12-17)29-3/h5-12,15H,4,13-14H2,1-3H3,(H,22,26)/t15-/m1/s1. The molecular weight excluding hydrogens is 390 g/mol. The molecule has 160 valence electrons. The fraction of sp³-hybridized carbons (Fsp3) is 0.333. The lowest BCUT2D eigenvalue weighted by atomic mass is 10.1. The van der Waals surface area contributed by atoms with E-state index < -0.39 is 16.9 Å². The number of hydrogen-bond acceptors (Lipinski definition) is 6. The molecule has 0 aliphatic heterocycles. The van der Waals surface area contributed by atoms with Gasteiger partial charge in [0.05, 0.1) is 12.0 Å². The summed E-state index contributed by atoms with van der Waals surface area (Å²) in [5.74, 6) is -0.383. The van der Waals surface area contributed by atoms with Crippen LogP contribution in [-0.2, 0) is 16.1 Å². The van der Waals surface area contributed by atoms with E-state index in [1.807, 2.05) is 30.3 Å². The number of likely N-dealkylation sites (N-methyl/N-ethyl adjacent to an activating group) is 1. The molecule has 0 saturated carbocycles. The number of nitro groups is 1. The van der Waals surface area contributed by atoms with E-state index in [1.54, 1.807) is 13.8 Å². The van der Waals surface area contributed by atoms with E-state index in [0.29, 0.717) is 6.54 Å². The van der Waals surface area contributed by atoms with Gasteiger partial charge in [0.15, 0.2) is 6.61 Å². The first-order chi connectivity index (χ1) is 14.4. The number of amides is 2. The lowest BCUT2D eigenvalue weighted by molar-refractivity contribution is -0.385. The number of carbonyl (C=O) groups is 2. The van der Waals surface area contributed by atoms with Crippen LogP contribution in [0.5, 0.6) is 11.5 Å². The third kappa shape index (κ3) is 5.94. The van der Waals surface area contributed by atoms with E-state index in [9.17, 15) is 19.7 Å². The summed E-state index contributed by atoms with van der Waals surface area (Å²) in [5, 5.41) is 13.7. The van der Waals surface area contributed by atoms with Crippen molar-refractivity contribution >= 4 is 17.5 Å². The summed E-state index contributed by atoms with van der Waals surface area (Å²) < 4.78 is 10.5. The highest BCUT2D eigenvalue weighted by molar-refractivity contribution is 5.87. The molecule has 0 aliphatic rings. The number of nitro benzene ring substituents is 1. The normalized spacial score (nSPS) is 11.3. The maximum absolute atomic E-state index is 12.9. The second-order valence-electron chi connectivity index (χ2n) is 6.46. The highest BCUT2D eigenvalue weighted by atomic mass is 16.6. The molecule has 1 atom stereocenters. The van der Waals surface area contributed by atoms with Crippen molar-refractivity contribution in [1.82, 2.24) is 10.2 Å². The number of carbonyl (C=O) groups excluding carboxylic acids is 2. The van der Waals surface area contributed by atoms with E-state index in [2.05, 4.69) is 5.32 Å². The molecule has 9 heteroatoms. The first kappa shape index (κ1) is 22.7. The molecule has 0 unspecified atom stereocenters. The molecule has 0 heterocycles. The highest BCUT2D eigenvalue weighted by Crippen LogP contribution is 2.30. The van der Waals surface area contributed by atoms with Gasteiger partial charge in [-0.25, -0.2) is 0 Å². The van der Waals surface area contributed by atoms with Gasteiger partial charge >= 0.3 is 5.69 Å². The number of ether oxygens (including phenoxy) is 2. The predicted octanol–water partition coefficient (Wildman–Crippen LogP) is 2.54. The molecule has 2 aromatic carbocycles. The maximum atomic E-state index is 12.9. The van der Waals surface area contributed by atoms with Gasteiger partial charge in [0.2, 0.25) is 11.7 Å². The second kappa shape index (κ2) is 10.8. The Hall–Kier alpha value is -3.62. The Kier molecular flexibility index (Phi) is 8.16. The Morgan fingerprint density at radius 3 is 2.50 bits per heavy atom. The number of nitrogens with one attached hydrogen (secondary N) is 1. The molecular formula is C21H25N3O6. The molecule has 0 fully saturated rings. The van der Waals surface area contributed by atoms with Crippen LogP contribution in [0.15, 0.2) is 48.5 Å². The third-order valence-corrected chi connectivity index (χ3v) is 4.42. The van der Waals surface area contributed by atoms with Crippen LogP contribution in [0.1, 0.15) is 19.4 Å². The van der Waals surface area contributed by atoms with Gasteiger partial charge in [-0.3, -0.25) is 19.7 Å². The fourth-order valence-electron chi connectivity index (χ4n) is 2.81.